The van der Waals surface area contributed by atoms with Gasteiger partial charge in [-0.3, -0.25) is 0 Å². The van der Waals surface area contributed by atoms with Crippen molar-refractivity contribution in [2.24, 2.45) is 0 Å². The van der Waals surface area contributed by atoms with Crippen LogP contribution in [0.5, 0.6) is 0 Å². The van der Waals surface area contributed by atoms with Crippen LogP contribution in [0.4, 0.5) is 0 Å². The molecule has 234 valence electrons. The second kappa shape index (κ2) is 10.1. The first-order chi connectivity index (χ1) is 24.6. The average Bonchev–Trinajstić information content (AvgIpc) is 3.65. The van der Waals surface area contributed by atoms with Crippen LogP contribution in [-0.2, 0) is 5.41 Å². The van der Waals surface area contributed by atoms with E-state index < -0.39 is 0 Å². The second-order valence-electron chi connectivity index (χ2n) is 14.4. The van der Waals surface area contributed by atoms with Crippen LogP contribution in [0.1, 0.15) is 25.0 Å². The Balaban J connectivity index is 1.35. The second-order valence-corrected chi connectivity index (χ2v) is 15.4. The molecule has 0 atom stereocenters. The van der Waals surface area contributed by atoms with Gasteiger partial charge in [0.15, 0.2) is 0 Å². The van der Waals surface area contributed by atoms with Crippen LogP contribution in [0.3, 0.4) is 0 Å². The first kappa shape index (κ1) is 28.1. The Bertz CT molecular complexity index is 3000. The van der Waals surface area contributed by atoms with Crippen molar-refractivity contribution in [3.05, 3.63) is 169 Å². The summed E-state index contributed by atoms with van der Waals surface area (Å²) < 4.78 is 2.79. The van der Waals surface area contributed by atoms with E-state index in [2.05, 4.69) is 172 Å². The number of thiophene rings is 1. The number of hydrogen-bond acceptors (Lipinski definition) is 1. The van der Waals surface area contributed by atoms with E-state index in [1.54, 1.807) is 0 Å². The maximum Gasteiger partial charge on any atom is 0.0433 e. The lowest BCUT2D eigenvalue weighted by atomic mass is 9.79. The van der Waals surface area contributed by atoms with Crippen LogP contribution in [-0.4, -0.2) is 0 Å². The van der Waals surface area contributed by atoms with Gasteiger partial charge in [0, 0.05) is 25.6 Å². The van der Waals surface area contributed by atoms with Crippen molar-refractivity contribution >= 4 is 74.6 Å². The molecule has 50 heavy (non-hydrogen) atoms. The van der Waals surface area contributed by atoms with E-state index in [4.69, 9.17) is 0 Å². The summed E-state index contributed by atoms with van der Waals surface area (Å²) in [7, 11) is 0. The topological polar surface area (TPSA) is 0 Å². The van der Waals surface area contributed by atoms with Crippen LogP contribution in [0, 0.1) is 0 Å². The molecule has 1 heterocycles. The van der Waals surface area contributed by atoms with E-state index >= 15 is 0 Å². The zero-order valence-corrected chi connectivity index (χ0v) is 28.7. The minimum Gasteiger partial charge on any atom is -0.134 e. The molecule has 0 amide bonds. The van der Waals surface area contributed by atoms with E-state index in [1.165, 1.54) is 108 Å². The van der Waals surface area contributed by atoms with Crippen LogP contribution in [0.2, 0.25) is 0 Å². The number of rotatable bonds is 2. The summed E-state index contributed by atoms with van der Waals surface area (Å²) >= 11 is 1.98. The maximum absolute atomic E-state index is 2.55. The molecule has 0 bridgehead atoms. The zero-order valence-electron chi connectivity index (χ0n) is 27.9. The molecule has 0 radical (unpaired) electrons. The van der Waals surface area contributed by atoms with Crippen molar-refractivity contribution in [1.82, 2.24) is 0 Å². The van der Waals surface area contributed by atoms with Crippen molar-refractivity contribution in [2.45, 2.75) is 19.3 Å². The van der Waals surface area contributed by atoms with Crippen molar-refractivity contribution in [2.75, 3.05) is 0 Å². The van der Waals surface area contributed by atoms with E-state index in [-0.39, 0.29) is 5.41 Å². The normalized spacial score (nSPS) is 13.6. The molecule has 1 heteroatoms. The number of fused-ring (bicyclic) bond motifs is 12. The van der Waals surface area contributed by atoms with Crippen LogP contribution < -0.4 is 0 Å². The Morgan fingerprint density at radius 3 is 1.58 bits per heavy atom. The summed E-state index contributed by atoms with van der Waals surface area (Å²) in [4.78, 5) is 0. The highest BCUT2D eigenvalue weighted by atomic mass is 32.1. The third-order valence-electron chi connectivity index (χ3n) is 11.4. The molecule has 0 fully saturated rings. The molecule has 0 saturated carbocycles. The van der Waals surface area contributed by atoms with Crippen molar-refractivity contribution in [1.29, 1.82) is 0 Å². The molecule has 0 saturated heterocycles. The summed E-state index contributed by atoms with van der Waals surface area (Å²) in [5, 5.41) is 13.1. The standard InChI is InChI=1S/C49H32S/c1-49(2)42-25-12-11-23-39(42)45-41(28-40-38-27-26-30-15-4-6-18-32(30)47(38)50-48(40)46(45)49)44-36-21-9-7-19-34(36)43(35-20-8-10-22-37(35)44)33-24-13-16-29-14-3-5-17-31(29)33/h3-28H,1-2H3. The highest BCUT2D eigenvalue weighted by Crippen LogP contribution is 2.59. The molecule has 1 aliphatic carbocycles. The van der Waals surface area contributed by atoms with Gasteiger partial charge in [0.1, 0.15) is 0 Å². The predicted octanol–water partition coefficient (Wildman–Crippen LogP) is 14.3. The van der Waals surface area contributed by atoms with Crippen LogP contribution in [0.15, 0.2) is 158 Å². The minimum atomic E-state index is -0.147. The molecular weight excluding hydrogens is 621 g/mol. The minimum absolute atomic E-state index is 0.147. The van der Waals surface area contributed by atoms with Gasteiger partial charge >= 0.3 is 0 Å². The van der Waals surface area contributed by atoms with Gasteiger partial charge in [-0.05, 0) is 93.7 Å². The largest absolute Gasteiger partial charge is 0.134 e. The maximum atomic E-state index is 2.55. The first-order valence-corrected chi connectivity index (χ1v) is 18.3. The Hall–Kier alpha value is -5.76. The van der Waals surface area contributed by atoms with Gasteiger partial charge in [0.2, 0.25) is 0 Å². The highest BCUT2D eigenvalue weighted by Gasteiger charge is 2.40. The highest BCUT2D eigenvalue weighted by molar-refractivity contribution is 7.27. The summed E-state index contributed by atoms with van der Waals surface area (Å²) in [5.41, 5.74) is 10.7. The molecule has 0 aliphatic heterocycles. The average molecular weight is 653 g/mol. The van der Waals surface area contributed by atoms with Crippen LogP contribution >= 0.6 is 11.3 Å². The molecule has 9 aromatic carbocycles. The van der Waals surface area contributed by atoms with E-state index in [9.17, 15) is 0 Å². The first-order valence-electron chi connectivity index (χ1n) is 17.5. The summed E-state index contributed by atoms with van der Waals surface area (Å²) in [6.45, 7) is 4.87. The molecule has 0 nitrogen and oxygen atoms in total. The van der Waals surface area contributed by atoms with Gasteiger partial charge in [0.25, 0.3) is 0 Å². The Labute approximate surface area is 294 Å². The lowest BCUT2D eigenvalue weighted by Crippen LogP contribution is -2.15. The van der Waals surface area contributed by atoms with Crippen molar-refractivity contribution < 1.29 is 0 Å². The number of benzene rings is 9. The van der Waals surface area contributed by atoms with Crippen LogP contribution in [0.25, 0.3) is 96.6 Å². The molecule has 11 rings (SSSR count). The molecule has 1 aromatic heterocycles. The smallest absolute Gasteiger partial charge is 0.0433 e. The summed E-state index contributed by atoms with van der Waals surface area (Å²) in [5.74, 6) is 0. The van der Waals surface area contributed by atoms with Gasteiger partial charge in [0.05, 0.1) is 0 Å². The fourth-order valence-corrected chi connectivity index (χ4v) is 10.8. The lowest BCUT2D eigenvalue weighted by Gasteiger charge is -2.24. The Kier molecular flexibility index (Phi) is 5.70. The predicted molar refractivity (Wildman–Crippen MR) is 218 cm³/mol. The van der Waals surface area contributed by atoms with Gasteiger partial charge in [-0.15, -0.1) is 11.3 Å². The van der Waals surface area contributed by atoms with Crippen molar-refractivity contribution in [3.8, 4) is 33.4 Å². The Morgan fingerprint density at radius 2 is 0.880 bits per heavy atom. The lowest BCUT2D eigenvalue weighted by molar-refractivity contribution is 0.667. The summed E-state index contributed by atoms with van der Waals surface area (Å²) in [6.07, 6.45) is 0. The molecule has 10 aromatic rings. The van der Waals surface area contributed by atoms with E-state index in [1.807, 2.05) is 11.3 Å². The van der Waals surface area contributed by atoms with Crippen molar-refractivity contribution in [3.63, 3.8) is 0 Å². The van der Waals surface area contributed by atoms with Gasteiger partial charge in [-0.2, -0.15) is 0 Å². The summed E-state index contributed by atoms with van der Waals surface area (Å²) in [6, 6.07) is 59.0. The molecule has 0 spiro atoms. The fourth-order valence-electron chi connectivity index (χ4n) is 9.24. The molecule has 0 N–H and O–H groups in total. The number of hydrogen-bond donors (Lipinski definition) is 0. The van der Waals surface area contributed by atoms with Gasteiger partial charge < -0.3 is 0 Å². The van der Waals surface area contributed by atoms with E-state index in [0.29, 0.717) is 0 Å². The SMILES string of the molecule is CC1(C)c2ccccc2-c2c(-c3c4ccccc4c(-c4cccc5ccccc45)c4ccccc34)cc3c(sc4c5ccccc5ccc34)c21. The molecule has 0 unspecified atom stereocenters. The zero-order chi connectivity index (χ0) is 33.1. The fraction of sp³-hybridized carbons (Fsp3) is 0.0612. The van der Waals surface area contributed by atoms with Gasteiger partial charge in [-0.1, -0.05) is 166 Å². The third-order valence-corrected chi connectivity index (χ3v) is 12.7. The third kappa shape index (κ3) is 3.65. The monoisotopic (exact) mass is 652 g/mol. The molecule has 1 aliphatic rings. The van der Waals surface area contributed by atoms with Gasteiger partial charge in [-0.25, -0.2) is 0 Å². The quantitative estimate of drug-likeness (QED) is 0.163. The Morgan fingerprint density at radius 1 is 0.360 bits per heavy atom. The van der Waals surface area contributed by atoms with E-state index in [0.717, 1.165) is 0 Å². The molecular formula is C49H32S.